The SMILES string of the molecule is CCN(CC)C(=O)CC(=O)Nc1ccc(/C(=C\C2CCCC2)c2ccc(C(F)(F)F)c(OC)n2)cc1. The van der Waals surface area contributed by atoms with Gasteiger partial charge in [0.25, 0.3) is 0 Å². The summed E-state index contributed by atoms with van der Waals surface area (Å²) in [6.45, 7) is 4.79. The van der Waals surface area contributed by atoms with Crippen molar-refractivity contribution in [3.63, 3.8) is 0 Å². The van der Waals surface area contributed by atoms with Crippen molar-refractivity contribution in [2.45, 2.75) is 52.1 Å². The minimum atomic E-state index is -4.57. The van der Waals surface area contributed by atoms with Crippen molar-refractivity contribution in [3.05, 3.63) is 59.3 Å². The van der Waals surface area contributed by atoms with Gasteiger partial charge in [-0.05, 0) is 62.4 Å². The normalized spacial score (nSPS) is 14.6. The molecule has 1 aliphatic rings. The van der Waals surface area contributed by atoms with Gasteiger partial charge < -0.3 is 15.0 Å². The second-order valence-electron chi connectivity index (χ2n) is 8.74. The summed E-state index contributed by atoms with van der Waals surface area (Å²) in [5, 5.41) is 2.73. The lowest BCUT2D eigenvalue weighted by molar-refractivity contribution is -0.139. The van der Waals surface area contributed by atoms with Gasteiger partial charge in [-0.15, -0.1) is 0 Å². The molecule has 1 fully saturated rings. The molecule has 1 N–H and O–H groups in total. The molecule has 0 atom stereocenters. The first kappa shape index (κ1) is 27.2. The van der Waals surface area contributed by atoms with Gasteiger partial charge in [-0.2, -0.15) is 13.2 Å². The van der Waals surface area contributed by atoms with Crippen LogP contribution in [0.2, 0.25) is 0 Å². The van der Waals surface area contributed by atoms with Gasteiger partial charge in [-0.1, -0.05) is 31.1 Å². The number of hydrogen-bond donors (Lipinski definition) is 1. The molecular formula is C27H32F3N3O3. The molecule has 0 radical (unpaired) electrons. The number of methoxy groups -OCH3 is 1. The molecule has 1 saturated carbocycles. The Hall–Kier alpha value is -3.36. The Labute approximate surface area is 209 Å². The van der Waals surface area contributed by atoms with Crippen LogP contribution in [0.5, 0.6) is 5.88 Å². The van der Waals surface area contributed by atoms with Crippen LogP contribution in [0.1, 0.15) is 62.8 Å². The number of allylic oxidation sites excluding steroid dienone is 1. The molecule has 1 aliphatic carbocycles. The summed E-state index contributed by atoms with van der Waals surface area (Å²) >= 11 is 0. The van der Waals surface area contributed by atoms with Gasteiger partial charge >= 0.3 is 6.18 Å². The van der Waals surface area contributed by atoms with Gasteiger partial charge in [-0.3, -0.25) is 9.59 Å². The largest absolute Gasteiger partial charge is 0.481 e. The molecule has 1 aromatic heterocycles. The lowest BCUT2D eigenvalue weighted by atomic mass is 9.95. The maximum absolute atomic E-state index is 13.3. The van der Waals surface area contributed by atoms with Crippen molar-refractivity contribution in [2.24, 2.45) is 5.92 Å². The molecule has 3 rings (SSSR count). The van der Waals surface area contributed by atoms with Crippen molar-refractivity contribution in [1.29, 1.82) is 0 Å². The highest BCUT2D eigenvalue weighted by Gasteiger charge is 2.35. The molecule has 2 aromatic rings. The molecule has 2 amide bonds. The summed E-state index contributed by atoms with van der Waals surface area (Å²) in [5.41, 5.74) is 1.45. The maximum Gasteiger partial charge on any atom is 0.421 e. The first-order valence-corrected chi connectivity index (χ1v) is 12.2. The van der Waals surface area contributed by atoms with Crippen molar-refractivity contribution in [3.8, 4) is 5.88 Å². The Morgan fingerprint density at radius 3 is 2.28 bits per heavy atom. The van der Waals surface area contributed by atoms with Crippen molar-refractivity contribution >= 4 is 23.1 Å². The van der Waals surface area contributed by atoms with Crippen molar-refractivity contribution < 1.29 is 27.5 Å². The number of rotatable bonds is 9. The Kier molecular flexibility index (Phi) is 9.12. The second-order valence-corrected chi connectivity index (χ2v) is 8.74. The van der Waals surface area contributed by atoms with E-state index in [-0.39, 0.29) is 12.3 Å². The Balaban J connectivity index is 1.86. The number of pyridine rings is 1. The average molecular weight is 504 g/mol. The van der Waals surface area contributed by atoms with E-state index in [1.165, 1.54) is 13.2 Å². The molecule has 0 unspecified atom stereocenters. The minimum Gasteiger partial charge on any atom is -0.481 e. The van der Waals surface area contributed by atoms with E-state index in [0.717, 1.165) is 37.3 Å². The summed E-state index contributed by atoms with van der Waals surface area (Å²) < 4.78 is 45.0. The van der Waals surface area contributed by atoms with Gasteiger partial charge in [-0.25, -0.2) is 4.98 Å². The molecule has 36 heavy (non-hydrogen) atoms. The number of hydrogen-bond acceptors (Lipinski definition) is 4. The van der Waals surface area contributed by atoms with Crippen LogP contribution in [0.15, 0.2) is 42.5 Å². The zero-order valence-corrected chi connectivity index (χ0v) is 20.8. The highest BCUT2D eigenvalue weighted by molar-refractivity contribution is 6.03. The van der Waals surface area contributed by atoms with E-state index in [2.05, 4.69) is 16.4 Å². The first-order chi connectivity index (χ1) is 17.2. The Morgan fingerprint density at radius 2 is 1.72 bits per heavy atom. The topological polar surface area (TPSA) is 71.5 Å². The van der Waals surface area contributed by atoms with E-state index in [4.69, 9.17) is 4.74 Å². The quantitative estimate of drug-likeness (QED) is 0.431. The summed E-state index contributed by atoms with van der Waals surface area (Å²) in [6, 6.07) is 9.34. The van der Waals surface area contributed by atoms with Crippen LogP contribution in [-0.2, 0) is 15.8 Å². The standard InChI is InChI=1S/C27H32F3N3O3/c1-4-33(5-2)25(35)17-24(34)31-20-12-10-19(11-13-20)21(16-18-8-6-7-9-18)23-15-14-22(27(28,29)30)26(32-23)36-3/h10-16,18H,4-9,17H2,1-3H3,(H,31,34)/b21-16+. The molecule has 0 bridgehead atoms. The highest BCUT2D eigenvalue weighted by atomic mass is 19.4. The van der Waals surface area contributed by atoms with Crippen LogP contribution in [0.25, 0.3) is 5.57 Å². The third-order valence-electron chi connectivity index (χ3n) is 6.34. The van der Waals surface area contributed by atoms with Gasteiger partial charge in [0.2, 0.25) is 17.7 Å². The van der Waals surface area contributed by atoms with E-state index in [0.29, 0.717) is 36.0 Å². The third-order valence-corrected chi connectivity index (χ3v) is 6.34. The monoisotopic (exact) mass is 503 g/mol. The number of benzene rings is 1. The van der Waals surface area contributed by atoms with Crippen LogP contribution in [0.4, 0.5) is 18.9 Å². The zero-order chi connectivity index (χ0) is 26.3. The van der Waals surface area contributed by atoms with Gasteiger partial charge in [0.15, 0.2) is 0 Å². The lowest BCUT2D eigenvalue weighted by Gasteiger charge is -2.18. The summed E-state index contributed by atoms with van der Waals surface area (Å²) in [5.74, 6) is -0.812. The van der Waals surface area contributed by atoms with Crippen LogP contribution in [0.3, 0.4) is 0 Å². The van der Waals surface area contributed by atoms with Crippen LogP contribution in [0, 0.1) is 5.92 Å². The number of alkyl halides is 3. The number of nitrogens with one attached hydrogen (secondary N) is 1. The second kappa shape index (κ2) is 12.1. The molecule has 1 heterocycles. The number of anilines is 1. The molecule has 1 aromatic carbocycles. The molecule has 0 aliphatic heterocycles. The predicted molar refractivity (Wildman–Crippen MR) is 132 cm³/mol. The zero-order valence-electron chi connectivity index (χ0n) is 20.8. The van der Waals surface area contributed by atoms with E-state index >= 15 is 0 Å². The lowest BCUT2D eigenvalue weighted by Crippen LogP contribution is -2.33. The van der Waals surface area contributed by atoms with Crippen molar-refractivity contribution in [2.75, 3.05) is 25.5 Å². The number of ether oxygens (including phenoxy) is 1. The van der Waals surface area contributed by atoms with Gasteiger partial charge in [0, 0.05) is 24.4 Å². The molecule has 6 nitrogen and oxygen atoms in total. The molecule has 0 spiro atoms. The minimum absolute atomic E-state index is 0.238. The first-order valence-electron chi connectivity index (χ1n) is 12.2. The molecule has 9 heteroatoms. The predicted octanol–water partition coefficient (Wildman–Crippen LogP) is 5.93. The fourth-order valence-corrected chi connectivity index (χ4v) is 4.41. The van der Waals surface area contributed by atoms with Crippen LogP contribution >= 0.6 is 0 Å². The number of nitrogens with zero attached hydrogens (tertiary/aromatic N) is 2. The number of halogens is 3. The Morgan fingerprint density at radius 1 is 1.08 bits per heavy atom. The van der Waals surface area contributed by atoms with E-state index in [1.807, 2.05) is 13.8 Å². The van der Waals surface area contributed by atoms with E-state index in [1.54, 1.807) is 29.2 Å². The summed E-state index contributed by atoms with van der Waals surface area (Å²) in [6.07, 6.45) is 1.49. The van der Waals surface area contributed by atoms with Gasteiger partial charge in [0.05, 0.1) is 12.8 Å². The smallest absolute Gasteiger partial charge is 0.421 e. The number of carbonyl (C=O) groups excluding carboxylic acids is 2. The van der Waals surface area contributed by atoms with Crippen LogP contribution in [-0.4, -0.2) is 41.9 Å². The molecule has 0 saturated heterocycles. The molecular weight excluding hydrogens is 471 g/mol. The average Bonchev–Trinajstić information content (AvgIpc) is 3.36. The summed E-state index contributed by atoms with van der Waals surface area (Å²) in [7, 11) is 1.17. The van der Waals surface area contributed by atoms with Crippen LogP contribution < -0.4 is 10.1 Å². The fourth-order valence-electron chi connectivity index (χ4n) is 4.41. The van der Waals surface area contributed by atoms with Gasteiger partial charge in [0.1, 0.15) is 12.0 Å². The van der Waals surface area contributed by atoms with E-state index < -0.39 is 23.5 Å². The number of aromatic nitrogens is 1. The van der Waals surface area contributed by atoms with E-state index in [9.17, 15) is 22.8 Å². The number of amides is 2. The fraction of sp³-hybridized carbons (Fsp3) is 0.444. The highest BCUT2D eigenvalue weighted by Crippen LogP contribution is 2.37. The van der Waals surface area contributed by atoms with Crippen molar-refractivity contribution in [1.82, 2.24) is 9.88 Å². The number of carbonyl (C=O) groups is 2. The third kappa shape index (κ3) is 6.86. The maximum atomic E-state index is 13.3. The Bertz CT molecular complexity index is 1090. The summed E-state index contributed by atoms with van der Waals surface area (Å²) in [4.78, 5) is 30.3. The molecule has 194 valence electrons.